The number of benzene rings is 4. The molecule has 4 aromatic rings. The summed E-state index contributed by atoms with van der Waals surface area (Å²) in [5.74, 6) is 2.88. The molecule has 0 saturated heterocycles. The topological polar surface area (TPSA) is 46.9 Å². The van der Waals surface area contributed by atoms with Crippen molar-refractivity contribution in [3.63, 3.8) is 0 Å². The molecule has 2 aliphatic rings. The van der Waals surface area contributed by atoms with E-state index in [0.717, 1.165) is 34.4 Å². The molecule has 2 heterocycles. The van der Waals surface area contributed by atoms with E-state index in [4.69, 9.17) is 4.74 Å². The zero-order chi connectivity index (χ0) is 25.2. The second-order valence-electron chi connectivity index (χ2n) is 8.53. The Kier molecular flexibility index (Phi) is 7.47. The van der Waals surface area contributed by atoms with Crippen LogP contribution in [0.4, 0.5) is 22.7 Å². The Hall–Kier alpha value is -4.09. The zero-order valence-corrected chi connectivity index (χ0v) is 23.1. The van der Waals surface area contributed by atoms with Gasteiger partial charge in [-0.3, -0.25) is 0 Å². The Labute approximate surface area is 237 Å². The quantitative estimate of drug-likeness (QED) is 0.214. The van der Waals surface area contributed by atoms with Crippen molar-refractivity contribution in [2.45, 2.75) is 13.8 Å². The summed E-state index contributed by atoms with van der Waals surface area (Å²) in [5, 5.41) is 12.9. The van der Waals surface area contributed by atoms with E-state index in [-0.39, 0.29) is 21.1 Å². The number of nitrogens with zero attached hydrogens (tertiary/aromatic N) is 6. The van der Waals surface area contributed by atoms with Gasteiger partial charge in [-0.15, -0.1) is 49.7 Å². The van der Waals surface area contributed by atoms with Gasteiger partial charge in [0.25, 0.3) is 0 Å². The maximum Gasteiger partial charge on any atom is 4.00 e. The molecule has 0 saturated carbocycles. The van der Waals surface area contributed by atoms with Crippen molar-refractivity contribution >= 4 is 34.4 Å². The molecule has 0 bridgehead atoms. The average Bonchev–Trinajstić information content (AvgIpc) is 3.53. The number of para-hydroxylation sites is 2. The number of hydrazone groups is 2. The van der Waals surface area contributed by atoms with Crippen molar-refractivity contribution in [1.82, 2.24) is 0 Å². The van der Waals surface area contributed by atoms with Gasteiger partial charge in [0, 0.05) is 22.9 Å². The minimum atomic E-state index is 0. The smallest absolute Gasteiger partial charge is 0.509 e. The van der Waals surface area contributed by atoms with E-state index >= 15 is 0 Å². The Morgan fingerprint density at radius 3 is 1.42 bits per heavy atom. The summed E-state index contributed by atoms with van der Waals surface area (Å²) < 4.78 is 6.14. The fraction of sp³-hybridized carbons (Fsp3) is 0.0667. The normalized spacial score (nSPS) is 14.8. The molecule has 7 nitrogen and oxygen atoms in total. The summed E-state index contributed by atoms with van der Waals surface area (Å²) in [4.78, 5) is 4.07. The summed E-state index contributed by atoms with van der Waals surface area (Å²) in [6, 6.07) is 38.3. The molecule has 0 atom stereocenters. The summed E-state index contributed by atoms with van der Waals surface area (Å²) >= 11 is 0. The van der Waals surface area contributed by atoms with Crippen molar-refractivity contribution in [3.8, 4) is 11.5 Å². The van der Waals surface area contributed by atoms with Crippen LogP contribution >= 0.6 is 0 Å². The van der Waals surface area contributed by atoms with Crippen molar-refractivity contribution in [3.05, 3.63) is 123 Å². The van der Waals surface area contributed by atoms with Crippen molar-refractivity contribution < 1.29 is 25.8 Å². The first-order chi connectivity index (χ1) is 18.1. The van der Waals surface area contributed by atoms with Crippen LogP contribution in [-0.4, -0.2) is 11.7 Å². The van der Waals surface area contributed by atoms with E-state index in [1.54, 1.807) is 10.0 Å². The van der Waals surface area contributed by atoms with Gasteiger partial charge < -0.3 is 24.6 Å². The molecule has 8 heteroatoms. The Morgan fingerprint density at radius 1 is 0.579 bits per heavy atom. The van der Waals surface area contributed by atoms with Crippen LogP contribution in [0.1, 0.15) is 13.8 Å². The van der Waals surface area contributed by atoms with Crippen LogP contribution in [0.15, 0.2) is 107 Å². The van der Waals surface area contributed by atoms with E-state index in [0.29, 0.717) is 11.5 Å². The Morgan fingerprint density at radius 2 is 1.00 bits per heavy atom. The third-order valence-corrected chi connectivity index (χ3v) is 5.94. The number of hydrogen-bond donors (Lipinski definition) is 0. The van der Waals surface area contributed by atoms with Crippen LogP contribution in [0.3, 0.4) is 0 Å². The monoisotopic (exact) mass is 679 g/mol. The molecule has 6 rings (SSSR count). The molecule has 0 amide bonds. The number of amidine groups is 2. The predicted molar refractivity (Wildman–Crippen MR) is 148 cm³/mol. The van der Waals surface area contributed by atoms with E-state index < -0.39 is 0 Å². The molecule has 0 fully saturated rings. The standard InChI is InChI=1S/C30H24N6O.Pt/c1-23-31-35(21-33(23)25-11-5-3-6-12-25)27-15-9-17-29(19-27)37-30-18-10-16-28(20-30)36-22-34(24(2)32-36)26-13-7-4-8-14-26;/h3-18,21-22H,1-2H3;/q-4;+4. The summed E-state index contributed by atoms with van der Waals surface area (Å²) in [7, 11) is 0. The SMILES string of the molecule is CC1=NN(c2[c-]c(Oc3[c-]c(N4[CH-]N(c5ccccc5)C(C)=N4)ccc3)ccc2)[CH-]N1c1ccccc1.[Pt+4]. The van der Waals surface area contributed by atoms with E-state index in [1.165, 1.54) is 0 Å². The molecule has 190 valence electrons. The number of ether oxygens (including phenoxy) is 1. The van der Waals surface area contributed by atoms with Crippen LogP contribution < -0.4 is 24.6 Å². The van der Waals surface area contributed by atoms with Gasteiger partial charge in [0.15, 0.2) is 0 Å². The average molecular weight is 680 g/mol. The van der Waals surface area contributed by atoms with Crippen molar-refractivity contribution in [2.24, 2.45) is 10.2 Å². The maximum atomic E-state index is 6.14. The fourth-order valence-corrected chi connectivity index (χ4v) is 4.14. The molecule has 0 N–H and O–H groups in total. The van der Waals surface area contributed by atoms with E-state index in [2.05, 4.69) is 22.3 Å². The predicted octanol–water partition coefficient (Wildman–Crippen LogP) is 6.64. The maximum absolute atomic E-state index is 6.14. The van der Waals surface area contributed by atoms with Crippen molar-refractivity contribution in [1.29, 1.82) is 0 Å². The third-order valence-electron chi connectivity index (χ3n) is 5.94. The summed E-state index contributed by atoms with van der Waals surface area (Å²) in [5.41, 5.74) is 3.65. The minimum absolute atomic E-state index is 0. The molecule has 2 aliphatic heterocycles. The van der Waals surface area contributed by atoms with Crippen LogP contribution in [0.2, 0.25) is 0 Å². The molecule has 0 aliphatic carbocycles. The molecule has 0 unspecified atom stereocenters. The van der Waals surface area contributed by atoms with Gasteiger partial charge in [0.1, 0.15) is 0 Å². The van der Waals surface area contributed by atoms with Gasteiger partial charge in [-0.05, 0) is 38.1 Å². The fourth-order valence-electron chi connectivity index (χ4n) is 4.14. The van der Waals surface area contributed by atoms with Gasteiger partial charge >= 0.3 is 21.1 Å². The number of anilines is 4. The van der Waals surface area contributed by atoms with Gasteiger partial charge in [-0.2, -0.15) is 22.3 Å². The van der Waals surface area contributed by atoms with Gasteiger partial charge in [0.05, 0.1) is 11.7 Å². The Balaban J connectivity index is 0.00000294. The van der Waals surface area contributed by atoms with Crippen LogP contribution in [0, 0.1) is 25.5 Å². The molecule has 0 radical (unpaired) electrons. The summed E-state index contributed by atoms with van der Waals surface area (Å²) in [6.07, 6.45) is 0. The number of hydrogen-bond acceptors (Lipinski definition) is 7. The van der Waals surface area contributed by atoms with E-state index in [9.17, 15) is 0 Å². The van der Waals surface area contributed by atoms with Gasteiger partial charge in [0.2, 0.25) is 0 Å². The third kappa shape index (κ3) is 5.29. The first-order valence-electron chi connectivity index (χ1n) is 11.9. The largest absolute Gasteiger partial charge is 4.00 e. The second kappa shape index (κ2) is 11.1. The second-order valence-corrected chi connectivity index (χ2v) is 8.53. The summed E-state index contributed by atoms with van der Waals surface area (Å²) in [6.45, 7) is 7.83. The first-order valence-corrected chi connectivity index (χ1v) is 11.9. The van der Waals surface area contributed by atoms with Crippen LogP contribution in [0.25, 0.3) is 0 Å². The van der Waals surface area contributed by atoms with Gasteiger partial charge in [-0.1, -0.05) is 47.8 Å². The van der Waals surface area contributed by atoms with Crippen molar-refractivity contribution in [2.75, 3.05) is 19.8 Å². The first kappa shape index (κ1) is 25.6. The molecular formula is C30H24N6OPt. The molecule has 0 aromatic heterocycles. The molecular weight excluding hydrogens is 655 g/mol. The van der Waals surface area contributed by atoms with Gasteiger partial charge in [-0.25, -0.2) is 0 Å². The Bertz CT molecular complexity index is 1350. The minimum Gasteiger partial charge on any atom is -0.509 e. The molecule has 38 heavy (non-hydrogen) atoms. The van der Waals surface area contributed by atoms with Crippen LogP contribution in [-0.2, 0) is 21.1 Å². The van der Waals surface area contributed by atoms with E-state index in [1.807, 2.05) is 134 Å². The number of rotatable bonds is 6. The zero-order valence-electron chi connectivity index (χ0n) is 20.8. The molecule has 0 spiro atoms. The van der Waals surface area contributed by atoms with Crippen LogP contribution in [0.5, 0.6) is 11.5 Å². The molecule has 4 aromatic carbocycles.